The number of aromatic nitrogens is 2. The van der Waals surface area contributed by atoms with Crippen molar-refractivity contribution >= 4 is 11.5 Å². The van der Waals surface area contributed by atoms with E-state index < -0.39 is 0 Å². The number of benzene rings is 1. The van der Waals surface area contributed by atoms with Crippen molar-refractivity contribution in [2.24, 2.45) is 0 Å². The molecule has 18 heavy (non-hydrogen) atoms. The fourth-order valence-corrected chi connectivity index (χ4v) is 2.16. The van der Waals surface area contributed by atoms with E-state index >= 15 is 0 Å². The lowest BCUT2D eigenvalue weighted by molar-refractivity contribution is 0.508. The minimum absolute atomic E-state index is 0.0799. The third-order valence-corrected chi connectivity index (χ3v) is 2.90. The molecular weight excluding hydrogens is 224 g/mol. The molecule has 2 rings (SSSR count). The number of nitrogen functional groups attached to an aromatic ring is 2. The van der Waals surface area contributed by atoms with Crippen LogP contribution < -0.4 is 11.5 Å². The molecule has 0 bridgehead atoms. The molecule has 0 radical (unpaired) electrons. The van der Waals surface area contributed by atoms with Crippen molar-refractivity contribution < 1.29 is 0 Å². The zero-order valence-corrected chi connectivity index (χ0v) is 11.1. The van der Waals surface area contributed by atoms with E-state index in [0.29, 0.717) is 18.1 Å². The number of nitrogens with two attached hydrogens (primary N) is 2. The normalized spacial score (nSPS) is 11.7. The van der Waals surface area contributed by atoms with Crippen LogP contribution in [0.2, 0.25) is 0 Å². The van der Waals surface area contributed by atoms with Crippen LogP contribution in [0.25, 0.3) is 0 Å². The molecule has 4 N–H and O–H groups in total. The van der Waals surface area contributed by atoms with Crippen molar-refractivity contribution in [2.75, 3.05) is 11.5 Å². The second-order valence-electron chi connectivity index (χ2n) is 5.54. The molecule has 1 aromatic heterocycles. The summed E-state index contributed by atoms with van der Waals surface area (Å²) in [5.74, 6) is 0.413. The summed E-state index contributed by atoms with van der Waals surface area (Å²) in [4.78, 5) is 0. The summed E-state index contributed by atoms with van der Waals surface area (Å²) in [6.07, 6.45) is 0. The Morgan fingerprint density at radius 1 is 1.11 bits per heavy atom. The number of hydrogen-bond acceptors (Lipinski definition) is 3. The lowest BCUT2D eigenvalue weighted by atomic mass is 9.91. The van der Waals surface area contributed by atoms with Crippen molar-refractivity contribution in [1.82, 2.24) is 9.78 Å². The zero-order chi connectivity index (χ0) is 13.3. The quantitative estimate of drug-likeness (QED) is 0.852. The minimum Gasteiger partial charge on any atom is -0.394 e. The third-order valence-electron chi connectivity index (χ3n) is 2.90. The fraction of sp³-hybridized carbons (Fsp3) is 0.357. The van der Waals surface area contributed by atoms with E-state index in [9.17, 15) is 0 Å². The predicted molar refractivity (Wildman–Crippen MR) is 75.3 cm³/mol. The highest BCUT2D eigenvalue weighted by Gasteiger charge is 2.25. The van der Waals surface area contributed by atoms with Crippen molar-refractivity contribution in [2.45, 2.75) is 32.7 Å². The fourth-order valence-electron chi connectivity index (χ4n) is 2.16. The van der Waals surface area contributed by atoms with Crippen molar-refractivity contribution in [3.63, 3.8) is 0 Å². The van der Waals surface area contributed by atoms with Gasteiger partial charge in [-0.25, -0.2) is 0 Å². The molecular formula is C14H20N4. The first-order valence-corrected chi connectivity index (χ1v) is 6.06. The molecule has 0 atom stereocenters. The van der Waals surface area contributed by atoms with Crippen LogP contribution in [0.15, 0.2) is 30.3 Å². The maximum absolute atomic E-state index is 6.03. The Morgan fingerprint density at radius 3 is 2.28 bits per heavy atom. The summed E-state index contributed by atoms with van der Waals surface area (Å²) in [5, 5.41) is 4.34. The molecule has 0 aliphatic heterocycles. The van der Waals surface area contributed by atoms with Gasteiger partial charge in [0.05, 0.1) is 17.9 Å². The highest BCUT2D eigenvalue weighted by Crippen LogP contribution is 2.31. The summed E-state index contributed by atoms with van der Waals surface area (Å²) in [6, 6.07) is 10.2. The minimum atomic E-state index is -0.0799. The van der Waals surface area contributed by atoms with Crippen molar-refractivity contribution in [3.8, 4) is 0 Å². The van der Waals surface area contributed by atoms with Crippen LogP contribution in [0.1, 0.15) is 32.0 Å². The molecule has 0 aliphatic carbocycles. The molecule has 96 valence electrons. The molecule has 0 saturated heterocycles. The summed E-state index contributed by atoms with van der Waals surface area (Å²) >= 11 is 0. The van der Waals surface area contributed by atoms with Gasteiger partial charge in [0.25, 0.3) is 0 Å². The average molecular weight is 244 g/mol. The van der Waals surface area contributed by atoms with Gasteiger partial charge in [0.15, 0.2) is 5.82 Å². The average Bonchev–Trinajstić information content (AvgIpc) is 2.55. The van der Waals surface area contributed by atoms with Gasteiger partial charge >= 0.3 is 0 Å². The first-order chi connectivity index (χ1) is 8.39. The SMILES string of the molecule is CC(C)(C)c1c(N)c(N)nn1Cc1ccccc1. The van der Waals surface area contributed by atoms with Gasteiger partial charge in [0.2, 0.25) is 0 Å². The van der Waals surface area contributed by atoms with E-state index in [2.05, 4.69) is 38.0 Å². The molecule has 0 unspecified atom stereocenters. The lowest BCUT2D eigenvalue weighted by Gasteiger charge is -2.21. The summed E-state index contributed by atoms with van der Waals surface area (Å²) < 4.78 is 1.90. The van der Waals surface area contributed by atoms with Crippen LogP contribution in [0.5, 0.6) is 0 Å². The highest BCUT2D eigenvalue weighted by atomic mass is 15.3. The van der Waals surface area contributed by atoms with Gasteiger partial charge in [-0.3, -0.25) is 4.68 Å². The van der Waals surface area contributed by atoms with Crippen molar-refractivity contribution in [1.29, 1.82) is 0 Å². The van der Waals surface area contributed by atoms with Gasteiger partial charge in [-0.05, 0) is 5.56 Å². The number of anilines is 2. The van der Waals surface area contributed by atoms with E-state index in [0.717, 1.165) is 5.69 Å². The van der Waals surface area contributed by atoms with Crippen LogP contribution in [-0.2, 0) is 12.0 Å². The van der Waals surface area contributed by atoms with E-state index in [-0.39, 0.29) is 5.41 Å². The van der Waals surface area contributed by atoms with E-state index in [1.807, 2.05) is 22.9 Å². The molecule has 0 amide bonds. The van der Waals surface area contributed by atoms with Crippen LogP contribution >= 0.6 is 0 Å². The molecule has 2 aromatic rings. The second kappa shape index (κ2) is 4.37. The van der Waals surface area contributed by atoms with Gasteiger partial charge in [-0.2, -0.15) is 5.10 Å². The van der Waals surface area contributed by atoms with Gasteiger partial charge < -0.3 is 11.5 Å². The Bertz CT molecular complexity index is 535. The van der Waals surface area contributed by atoms with E-state index in [4.69, 9.17) is 11.5 Å². The molecule has 0 spiro atoms. The van der Waals surface area contributed by atoms with Crippen LogP contribution in [0, 0.1) is 0 Å². The maximum atomic E-state index is 6.03. The monoisotopic (exact) mass is 244 g/mol. The predicted octanol–water partition coefficient (Wildman–Crippen LogP) is 2.39. The van der Waals surface area contributed by atoms with Crippen molar-refractivity contribution in [3.05, 3.63) is 41.6 Å². The Hall–Kier alpha value is -1.97. The Morgan fingerprint density at radius 2 is 1.72 bits per heavy atom. The van der Waals surface area contributed by atoms with E-state index in [1.54, 1.807) is 0 Å². The molecule has 0 aliphatic rings. The van der Waals surface area contributed by atoms with Gasteiger partial charge in [0.1, 0.15) is 0 Å². The molecule has 1 heterocycles. The zero-order valence-electron chi connectivity index (χ0n) is 11.1. The molecule has 4 nitrogen and oxygen atoms in total. The van der Waals surface area contributed by atoms with E-state index in [1.165, 1.54) is 5.56 Å². The Kier molecular flexibility index (Phi) is 3.03. The largest absolute Gasteiger partial charge is 0.394 e. The molecule has 0 fully saturated rings. The van der Waals surface area contributed by atoms with Gasteiger partial charge in [0, 0.05) is 5.41 Å². The lowest BCUT2D eigenvalue weighted by Crippen LogP contribution is -2.20. The smallest absolute Gasteiger partial charge is 0.169 e. The van der Waals surface area contributed by atoms with Crippen LogP contribution in [-0.4, -0.2) is 9.78 Å². The number of nitrogens with zero attached hydrogens (tertiary/aromatic N) is 2. The summed E-state index contributed by atoms with van der Waals surface area (Å²) in [7, 11) is 0. The molecule has 0 saturated carbocycles. The van der Waals surface area contributed by atoms with Crippen LogP contribution in [0.3, 0.4) is 0 Å². The molecule has 4 heteroatoms. The maximum Gasteiger partial charge on any atom is 0.169 e. The Labute approximate surface area is 108 Å². The van der Waals surface area contributed by atoms with Gasteiger partial charge in [-0.15, -0.1) is 0 Å². The molecule has 1 aromatic carbocycles. The number of rotatable bonds is 2. The number of hydrogen-bond donors (Lipinski definition) is 2. The third kappa shape index (κ3) is 2.32. The Balaban J connectivity index is 2.43. The van der Waals surface area contributed by atoms with Crippen LogP contribution in [0.4, 0.5) is 11.5 Å². The first-order valence-electron chi connectivity index (χ1n) is 6.06. The van der Waals surface area contributed by atoms with Gasteiger partial charge in [-0.1, -0.05) is 51.1 Å². The first kappa shape index (κ1) is 12.5. The highest BCUT2D eigenvalue weighted by molar-refractivity contribution is 5.63. The standard InChI is InChI=1S/C14H20N4/c1-14(2,3)12-11(15)13(16)17-18(12)9-10-7-5-4-6-8-10/h4-8H,9,15H2,1-3H3,(H2,16,17). The summed E-state index contributed by atoms with van der Waals surface area (Å²) in [5.41, 5.74) is 14.6. The summed E-state index contributed by atoms with van der Waals surface area (Å²) in [6.45, 7) is 7.03. The topological polar surface area (TPSA) is 69.9 Å². The second-order valence-corrected chi connectivity index (χ2v) is 5.54.